The molecule has 0 atom stereocenters. The van der Waals surface area contributed by atoms with Gasteiger partial charge in [0.25, 0.3) is 5.91 Å². The van der Waals surface area contributed by atoms with Crippen molar-refractivity contribution in [1.29, 1.82) is 0 Å². The number of carbonyl (C=O) groups excluding carboxylic acids is 1. The number of nitrogens with two attached hydrogens (primary N) is 1. The smallest absolute Gasteiger partial charge is 0.255 e. The second kappa shape index (κ2) is 6.01. The zero-order chi connectivity index (χ0) is 15.6. The summed E-state index contributed by atoms with van der Waals surface area (Å²) in [5, 5.41) is 2.90. The maximum absolute atomic E-state index is 12.4. The Morgan fingerprint density at radius 1 is 1.24 bits per heavy atom. The van der Waals surface area contributed by atoms with E-state index in [4.69, 9.17) is 5.73 Å². The summed E-state index contributed by atoms with van der Waals surface area (Å²) in [4.78, 5) is 16.7. The number of carbonyl (C=O) groups is 1. The minimum atomic E-state index is -0.182. The van der Waals surface area contributed by atoms with Gasteiger partial charge in [0.1, 0.15) is 5.82 Å². The number of para-hydroxylation sites is 1. The van der Waals surface area contributed by atoms with Crippen molar-refractivity contribution in [1.82, 2.24) is 4.98 Å². The van der Waals surface area contributed by atoms with Crippen molar-refractivity contribution in [2.45, 2.75) is 26.2 Å². The number of amides is 1. The van der Waals surface area contributed by atoms with E-state index in [1.165, 1.54) is 0 Å². The van der Waals surface area contributed by atoms with Gasteiger partial charge in [0.05, 0.1) is 5.69 Å². The molecule has 0 fully saturated rings. The molecule has 3 N–H and O–H groups in total. The first-order chi connectivity index (χ1) is 9.77. The highest BCUT2D eigenvalue weighted by Gasteiger charge is 2.19. The molecule has 0 saturated carbocycles. The summed E-state index contributed by atoms with van der Waals surface area (Å²) < 4.78 is 0.988. The lowest BCUT2D eigenvalue weighted by molar-refractivity contribution is 0.102. The molecule has 0 bridgehead atoms. The Balaban J connectivity index is 2.32. The minimum absolute atomic E-state index is 0.161. The standard InChI is InChI=1S/C16H18IN3O/c1-16(2,3)13-8-10(9-14(18)20-13)15(21)19-12-7-5-4-6-11(12)17/h4-9H,1-3H3,(H2,18,20)(H,19,21). The maximum atomic E-state index is 12.4. The van der Waals surface area contributed by atoms with E-state index in [2.05, 4.69) is 32.9 Å². The van der Waals surface area contributed by atoms with Gasteiger partial charge in [0.2, 0.25) is 0 Å². The largest absolute Gasteiger partial charge is 0.384 e. The Bertz CT molecular complexity index is 677. The quantitative estimate of drug-likeness (QED) is 0.760. The molecule has 0 aliphatic carbocycles. The summed E-state index contributed by atoms with van der Waals surface area (Å²) in [6.45, 7) is 6.11. The fraction of sp³-hybridized carbons (Fsp3) is 0.250. The van der Waals surface area contributed by atoms with E-state index in [9.17, 15) is 4.79 Å². The fourth-order valence-electron chi connectivity index (χ4n) is 1.82. The van der Waals surface area contributed by atoms with Gasteiger partial charge in [-0.3, -0.25) is 4.79 Å². The number of nitrogens with zero attached hydrogens (tertiary/aromatic N) is 1. The molecule has 5 heteroatoms. The summed E-state index contributed by atoms with van der Waals surface area (Å²) in [6.07, 6.45) is 0. The molecular weight excluding hydrogens is 377 g/mol. The third-order valence-electron chi connectivity index (χ3n) is 3.00. The van der Waals surface area contributed by atoms with Crippen molar-refractivity contribution in [3.05, 3.63) is 51.2 Å². The van der Waals surface area contributed by atoms with E-state index >= 15 is 0 Å². The molecule has 0 aliphatic rings. The van der Waals surface area contributed by atoms with Crippen LogP contribution in [0.2, 0.25) is 0 Å². The third-order valence-corrected chi connectivity index (χ3v) is 3.94. The van der Waals surface area contributed by atoms with Gasteiger partial charge in [0.15, 0.2) is 0 Å². The number of hydrogen-bond donors (Lipinski definition) is 2. The molecule has 1 amide bonds. The number of benzene rings is 1. The molecule has 1 heterocycles. The van der Waals surface area contributed by atoms with Gasteiger partial charge in [-0.05, 0) is 46.9 Å². The van der Waals surface area contributed by atoms with Gasteiger partial charge in [-0.15, -0.1) is 0 Å². The normalized spacial score (nSPS) is 11.2. The van der Waals surface area contributed by atoms with Crippen LogP contribution in [0.5, 0.6) is 0 Å². The van der Waals surface area contributed by atoms with Gasteiger partial charge in [-0.1, -0.05) is 32.9 Å². The number of hydrogen-bond acceptors (Lipinski definition) is 3. The molecule has 110 valence electrons. The number of nitrogen functional groups attached to an aromatic ring is 1. The number of halogens is 1. The number of rotatable bonds is 2. The summed E-state index contributed by atoms with van der Waals surface area (Å²) in [6, 6.07) is 11.0. The Morgan fingerprint density at radius 3 is 2.52 bits per heavy atom. The fourth-order valence-corrected chi connectivity index (χ4v) is 2.35. The first kappa shape index (κ1) is 15.8. The summed E-state index contributed by atoms with van der Waals surface area (Å²) >= 11 is 2.19. The van der Waals surface area contributed by atoms with Crippen LogP contribution in [0.25, 0.3) is 0 Å². The van der Waals surface area contributed by atoms with Crippen LogP contribution in [0.1, 0.15) is 36.8 Å². The summed E-state index contributed by atoms with van der Waals surface area (Å²) in [7, 11) is 0. The van der Waals surface area contributed by atoms with Crippen LogP contribution < -0.4 is 11.1 Å². The van der Waals surface area contributed by atoms with E-state index < -0.39 is 0 Å². The van der Waals surface area contributed by atoms with Crippen LogP contribution in [0.3, 0.4) is 0 Å². The summed E-state index contributed by atoms with van der Waals surface area (Å²) in [5.41, 5.74) is 7.77. The van der Waals surface area contributed by atoms with Crippen LogP contribution >= 0.6 is 22.6 Å². The van der Waals surface area contributed by atoms with E-state index in [1.807, 2.05) is 45.0 Å². The van der Waals surface area contributed by atoms with Crippen molar-refractivity contribution >= 4 is 40.0 Å². The van der Waals surface area contributed by atoms with Gasteiger partial charge >= 0.3 is 0 Å². The van der Waals surface area contributed by atoms with E-state index in [0.29, 0.717) is 11.4 Å². The lowest BCUT2D eigenvalue weighted by Gasteiger charge is -2.19. The minimum Gasteiger partial charge on any atom is -0.384 e. The van der Waals surface area contributed by atoms with E-state index in [-0.39, 0.29) is 11.3 Å². The van der Waals surface area contributed by atoms with Gasteiger partial charge < -0.3 is 11.1 Å². The summed E-state index contributed by atoms with van der Waals surface area (Å²) in [5.74, 6) is 0.175. The average Bonchev–Trinajstić information content (AvgIpc) is 2.39. The van der Waals surface area contributed by atoms with Crippen molar-refractivity contribution < 1.29 is 4.79 Å². The molecule has 2 rings (SSSR count). The van der Waals surface area contributed by atoms with E-state index in [0.717, 1.165) is 15.0 Å². The van der Waals surface area contributed by atoms with Crippen molar-refractivity contribution in [2.75, 3.05) is 11.1 Å². The third kappa shape index (κ3) is 3.93. The van der Waals surface area contributed by atoms with Crippen molar-refractivity contribution in [3.8, 4) is 0 Å². The molecule has 0 aliphatic heterocycles. The number of pyridine rings is 1. The highest BCUT2D eigenvalue weighted by atomic mass is 127. The molecule has 21 heavy (non-hydrogen) atoms. The zero-order valence-electron chi connectivity index (χ0n) is 12.3. The second-order valence-electron chi connectivity index (χ2n) is 5.85. The molecule has 4 nitrogen and oxygen atoms in total. The topological polar surface area (TPSA) is 68.0 Å². The molecule has 0 unspecified atom stereocenters. The van der Waals surface area contributed by atoms with Crippen LogP contribution in [-0.4, -0.2) is 10.9 Å². The SMILES string of the molecule is CC(C)(C)c1cc(C(=O)Nc2ccccc2I)cc(N)n1. The highest BCUT2D eigenvalue weighted by Crippen LogP contribution is 2.23. The molecule has 0 saturated heterocycles. The van der Waals surface area contributed by atoms with Gasteiger partial charge in [-0.2, -0.15) is 0 Å². The Kier molecular flexibility index (Phi) is 4.51. The monoisotopic (exact) mass is 395 g/mol. The first-order valence-corrected chi connectivity index (χ1v) is 7.69. The molecule has 0 radical (unpaired) electrons. The average molecular weight is 395 g/mol. The predicted octanol–water partition coefficient (Wildman–Crippen LogP) is 3.82. The molecule has 1 aromatic heterocycles. The zero-order valence-corrected chi connectivity index (χ0v) is 14.4. The Hall–Kier alpha value is -1.63. The van der Waals surface area contributed by atoms with Crippen molar-refractivity contribution in [2.24, 2.45) is 0 Å². The van der Waals surface area contributed by atoms with Crippen molar-refractivity contribution in [3.63, 3.8) is 0 Å². The van der Waals surface area contributed by atoms with Gasteiger partial charge in [0, 0.05) is 20.2 Å². The van der Waals surface area contributed by atoms with Crippen LogP contribution in [-0.2, 0) is 5.41 Å². The first-order valence-electron chi connectivity index (χ1n) is 6.61. The molecular formula is C16H18IN3O. The lowest BCUT2D eigenvalue weighted by Crippen LogP contribution is -2.18. The Labute approximate surface area is 138 Å². The van der Waals surface area contributed by atoms with Gasteiger partial charge in [-0.25, -0.2) is 4.98 Å². The van der Waals surface area contributed by atoms with Crippen LogP contribution in [0.15, 0.2) is 36.4 Å². The highest BCUT2D eigenvalue weighted by molar-refractivity contribution is 14.1. The molecule has 2 aromatic rings. The number of anilines is 2. The van der Waals surface area contributed by atoms with E-state index in [1.54, 1.807) is 12.1 Å². The number of aromatic nitrogens is 1. The Morgan fingerprint density at radius 2 is 1.90 bits per heavy atom. The molecule has 1 aromatic carbocycles. The van der Waals surface area contributed by atoms with Crippen LogP contribution in [0, 0.1) is 3.57 Å². The molecule has 0 spiro atoms. The second-order valence-corrected chi connectivity index (χ2v) is 7.01. The van der Waals surface area contributed by atoms with Crippen LogP contribution in [0.4, 0.5) is 11.5 Å². The predicted molar refractivity (Wildman–Crippen MR) is 94.5 cm³/mol. The number of nitrogens with one attached hydrogen (secondary N) is 1. The maximum Gasteiger partial charge on any atom is 0.255 e. The lowest BCUT2D eigenvalue weighted by atomic mass is 9.90.